The van der Waals surface area contributed by atoms with Crippen molar-refractivity contribution in [1.82, 2.24) is 4.98 Å². The third-order valence-electron chi connectivity index (χ3n) is 2.69. The van der Waals surface area contributed by atoms with E-state index < -0.39 is 9.84 Å². The fraction of sp³-hybridized carbons (Fsp3) is 0.389. The van der Waals surface area contributed by atoms with E-state index in [4.69, 9.17) is 4.42 Å². The van der Waals surface area contributed by atoms with Crippen LogP contribution in [0.2, 0.25) is 0 Å². The van der Waals surface area contributed by atoms with Crippen molar-refractivity contribution in [3.05, 3.63) is 42.3 Å². The van der Waals surface area contributed by atoms with Gasteiger partial charge in [0, 0.05) is 11.8 Å². The predicted molar refractivity (Wildman–Crippen MR) is 98.3 cm³/mol. The third kappa shape index (κ3) is 5.67. The van der Waals surface area contributed by atoms with Crippen molar-refractivity contribution >= 4 is 26.5 Å². The first-order chi connectivity index (χ1) is 11.0. The Labute approximate surface area is 139 Å². The number of oxazole rings is 1. The van der Waals surface area contributed by atoms with Gasteiger partial charge < -0.3 is 4.42 Å². The number of fused-ring (bicyclic) bond motifs is 1. The maximum atomic E-state index is 11.5. The van der Waals surface area contributed by atoms with Gasteiger partial charge in [-0.3, -0.25) is 0 Å². The summed E-state index contributed by atoms with van der Waals surface area (Å²) in [6.45, 7) is 11.8. The molecule has 1 heterocycles. The summed E-state index contributed by atoms with van der Waals surface area (Å²) in [5.74, 6) is 0.487. The molecule has 23 heavy (non-hydrogen) atoms. The van der Waals surface area contributed by atoms with Crippen LogP contribution in [0.25, 0.3) is 16.7 Å². The number of allylic oxidation sites excluding steroid dienone is 4. The average molecular weight is 337 g/mol. The Hall–Kier alpha value is -1.88. The van der Waals surface area contributed by atoms with E-state index in [2.05, 4.69) is 4.98 Å². The molecule has 1 aromatic carbocycles. The van der Waals surface area contributed by atoms with E-state index in [1.165, 1.54) is 18.4 Å². The smallest absolute Gasteiger partial charge is 0.226 e. The molecular formula is C18H27NO3S. The molecule has 0 spiro atoms. The number of hydrogen-bond acceptors (Lipinski definition) is 4. The van der Waals surface area contributed by atoms with Crippen LogP contribution in [0.15, 0.2) is 45.7 Å². The molecule has 0 aliphatic carbocycles. The Kier molecular flexibility index (Phi) is 9.18. The van der Waals surface area contributed by atoms with Crippen molar-refractivity contribution in [2.24, 2.45) is 0 Å². The van der Waals surface area contributed by atoms with E-state index in [0.29, 0.717) is 17.0 Å². The Morgan fingerprint density at radius 2 is 1.74 bits per heavy atom. The summed E-state index contributed by atoms with van der Waals surface area (Å²) in [5, 5.41) is 0. The molecule has 2 aromatic rings. The van der Waals surface area contributed by atoms with Crippen molar-refractivity contribution in [2.75, 3.05) is 6.26 Å². The highest BCUT2D eigenvalue weighted by atomic mass is 32.2. The number of rotatable bonds is 3. The van der Waals surface area contributed by atoms with E-state index in [-0.39, 0.29) is 4.90 Å². The highest BCUT2D eigenvalue weighted by Gasteiger charge is 2.12. The van der Waals surface area contributed by atoms with Crippen LogP contribution >= 0.6 is 0 Å². The molecule has 2 rings (SSSR count). The second-order valence-corrected chi connectivity index (χ2v) is 6.18. The summed E-state index contributed by atoms with van der Waals surface area (Å²) in [4.78, 5) is 4.57. The van der Waals surface area contributed by atoms with Crippen LogP contribution in [0.3, 0.4) is 0 Å². The number of aromatic nitrogens is 1. The highest BCUT2D eigenvalue weighted by molar-refractivity contribution is 7.90. The second-order valence-electron chi connectivity index (χ2n) is 4.16. The van der Waals surface area contributed by atoms with Gasteiger partial charge in [-0.15, -0.1) is 0 Å². The topological polar surface area (TPSA) is 60.2 Å². The first kappa shape index (κ1) is 21.1. The van der Waals surface area contributed by atoms with Crippen LogP contribution in [0.1, 0.15) is 47.4 Å². The zero-order valence-electron chi connectivity index (χ0n) is 15.0. The van der Waals surface area contributed by atoms with Crippen LogP contribution < -0.4 is 0 Å². The van der Waals surface area contributed by atoms with E-state index in [9.17, 15) is 8.42 Å². The molecule has 0 radical (unpaired) electrons. The minimum Gasteiger partial charge on any atom is -0.436 e. The summed E-state index contributed by atoms with van der Waals surface area (Å²) in [6, 6.07) is 4.68. The molecule has 0 fully saturated rings. The lowest BCUT2D eigenvalue weighted by Crippen LogP contribution is -1.96. The van der Waals surface area contributed by atoms with Gasteiger partial charge in [0.25, 0.3) is 0 Å². The van der Waals surface area contributed by atoms with Gasteiger partial charge in [-0.25, -0.2) is 13.4 Å². The average Bonchev–Trinajstić information content (AvgIpc) is 2.98. The first-order valence-corrected chi connectivity index (χ1v) is 9.75. The molecule has 128 valence electrons. The van der Waals surface area contributed by atoms with E-state index in [0.717, 1.165) is 5.57 Å². The van der Waals surface area contributed by atoms with Crippen molar-refractivity contribution < 1.29 is 12.8 Å². The number of nitrogens with zero attached hydrogens (tertiary/aromatic N) is 1. The van der Waals surface area contributed by atoms with Gasteiger partial charge in [-0.2, -0.15) is 0 Å². The summed E-state index contributed by atoms with van der Waals surface area (Å²) in [7, 11) is -3.23. The fourth-order valence-corrected chi connectivity index (χ4v) is 2.37. The molecule has 0 N–H and O–H groups in total. The minimum absolute atomic E-state index is 0.243. The lowest BCUT2D eigenvalue weighted by Gasteiger charge is -1.95. The van der Waals surface area contributed by atoms with Gasteiger partial charge in [0.05, 0.1) is 4.90 Å². The summed E-state index contributed by atoms with van der Waals surface area (Å²) in [6.07, 6.45) is 6.85. The fourth-order valence-electron chi connectivity index (χ4n) is 1.73. The maximum Gasteiger partial charge on any atom is 0.226 e. The van der Waals surface area contributed by atoms with E-state index in [1.54, 1.807) is 6.07 Å². The lowest BCUT2D eigenvalue weighted by atomic mass is 10.2. The third-order valence-corrected chi connectivity index (χ3v) is 3.80. The molecule has 0 aliphatic heterocycles. The predicted octanol–water partition coefficient (Wildman–Crippen LogP) is 5.26. The van der Waals surface area contributed by atoms with Crippen molar-refractivity contribution in [3.63, 3.8) is 0 Å². The molecule has 0 saturated heterocycles. The largest absolute Gasteiger partial charge is 0.436 e. The number of hydrogen-bond donors (Lipinski definition) is 0. The van der Waals surface area contributed by atoms with Gasteiger partial charge in [-0.05, 0) is 32.0 Å². The van der Waals surface area contributed by atoms with Gasteiger partial charge in [-0.1, -0.05) is 45.9 Å². The standard InChI is InChI=1S/C14H15NO3S.2C2H6/c1-4-6-10(5-2)14-15-12-9-11(19(3,16)17)7-8-13(12)18-14;2*1-2/h4-9H,1-3H3;2*1-2H3/b6-4-,10-5+;;. The first-order valence-electron chi connectivity index (χ1n) is 7.85. The van der Waals surface area contributed by atoms with Crippen LogP contribution in [0.5, 0.6) is 0 Å². The molecule has 1 aromatic heterocycles. The second kappa shape index (κ2) is 10.0. The van der Waals surface area contributed by atoms with Crippen molar-refractivity contribution in [2.45, 2.75) is 46.4 Å². The normalized spacial score (nSPS) is 11.7. The van der Waals surface area contributed by atoms with Crippen molar-refractivity contribution in [1.29, 1.82) is 0 Å². The molecule has 0 amide bonds. The monoisotopic (exact) mass is 337 g/mol. The summed E-state index contributed by atoms with van der Waals surface area (Å²) < 4.78 is 28.6. The molecule has 0 atom stereocenters. The van der Waals surface area contributed by atoms with Crippen LogP contribution in [-0.4, -0.2) is 19.7 Å². The molecule has 4 nitrogen and oxygen atoms in total. The van der Waals surface area contributed by atoms with E-state index >= 15 is 0 Å². The highest BCUT2D eigenvalue weighted by Crippen LogP contribution is 2.24. The molecular weight excluding hydrogens is 310 g/mol. The molecule has 0 saturated carbocycles. The van der Waals surface area contributed by atoms with Gasteiger partial charge in [0.2, 0.25) is 5.89 Å². The minimum atomic E-state index is -3.23. The zero-order chi connectivity index (χ0) is 18.0. The molecule has 0 aliphatic rings. The van der Waals surface area contributed by atoms with Crippen molar-refractivity contribution in [3.8, 4) is 0 Å². The van der Waals surface area contributed by atoms with Crippen LogP contribution in [-0.2, 0) is 9.84 Å². The van der Waals surface area contributed by atoms with Gasteiger partial charge in [0.1, 0.15) is 5.52 Å². The van der Waals surface area contributed by atoms with Gasteiger partial charge in [0.15, 0.2) is 15.4 Å². The van der Waals surface area contributed by atoms with Crippen LogP contribution in [0.4, 0.5) is 0 Å². The Bertz CT molecular complexity index is 769. The number of benzene rings is 1. The lowest BCUT2D eigenvalue weighted by molar-refractivity contribution is 0.585. The molecule has 5 heteroatoms. The summed E-state index contributed by atoms with van der Waals surface area (Å²) >= 11 is 0. The quantitative estimate of drug-likeness (QED) is 0.716. The van der Waals surface area contributed by atoms with Gasteiger partial charge >= 0.3 is 0 Å². The van der Waals surface area contributed by atoms with Crippen LogP contribution in [0, 0.1) is 0 Å². The Morgan fingerprint density at radius 3 is 2.22 bits per heavy atom. The molecule has 0 unspecified atom stereocenters. The summed E-state index contributed by atoms with van der Waals surface area (Å²) in [5.41, 5.74) is 1.98. The Balaban J connectivity index is 0.00000112. The van der Waals surface area contributed by atoms with E-state index in [1.807, 2.05) is 59.8 Å². The number of sulfone groups is 1. The molecule has 0 bridgehead atoms. The maximum absolute atomic E-state index is 11.5. The Morgan fingerprint density at radius 1 is 1.13 bits per heavy atom. The zero-order valence-corrected chi connectivity index (χ0v) is 15.9. The SMILES string of the molecule is C/C=C\C(=C/C)c1nc2cc(S(C)(=O)=O)ccc2o1.CC.CC.